The van der Waals surface area contributed by atoms with Gasteiger partial charge in [-0.2, -0.15) is 0 Å². The number of rotatable bonds is 14. The van der Waals surface area contributed by atoms with E-state index in [1.165, 1.54) is 63.7 Å². The molecule has 1 radical (unpaired) electrons. The van der Waals surface area contributed by atoms with Crippen LogP contribution >= 0.6 is 0 Å². The predicted octanol–water partition coefficient (Wildman–Crippen LogP) is 4.25. The summed E-state index contributed by atoms with van der Waals surface area (Å²) in [6, 6.07) is 0. The molecule has 0 aromatic carbocycles. The van der Waals surface area contributed by atoms with E-state index in [2.05, 4.69) is 6.92 Å². The molecule has 0 aliphatic rings. The van der Waals surface area contributed by atoms with Crippen LogP contribution in [0.2, 0.25) is 0 Å². The molecule has 2 heteroatoms. The summed E-state index contributed by atoms with van der Waals surface area (Å²) in [6.07, 6.45) is 14.8. The van der Waals surface area contributed by atoms with Crippen LogP contribution in [0, 0.1) is 5.92 Å². The molecule has 0 aliphatic carbocycles. The molecule has 0 atom stereocenters. The van der Waals surface area contributed by atoms with Gasteiger partial charge in [0.15, 0.2) is 0 Å². The summed E-state index contributed by atoms with van der Waals surface area (Å²) in [5.41, 5.74) is 0. The largest absolute Gasteiger partial charge is 0.396 e. The second-order valence-electron chi connectivity index (χ2n) is 5.28. The van der Waals surface area contributed by atoms with Crippen molar-refractivity contribution >= 4 is 0 Å². The van der Waals surface area contributed by atoms with Gasteiger partial charge in [-0.05, 0) is 25.2 Å². The highest BCUT2D eigenvalue weighted by atomic mass is 16.3. The minimum absolute atomic E-state index is 0.229. The Morgan fingerprint density at radius 2 is 1.06 bits per heavy atom. The van der Waals surface area contributed by atoms with E-state index < -0.39 is 0 Å². The van der Waals surface area contributed by atoms with Gasteiger partial charge in [-0.3, -0.25) is 0 Å². The first kappa shape index (κ1) is 17.9. The lowest BCUT2D eigenvalue weighted by Crippen LogP contribution is -2.03. The topological polar surface area (TPSA) is 40.5 Å². The summed E-state index contributed by atoms with van der Waals surface area (Å²) < 4.78 is 0. The van der Waals surface area contributed by atoms with Gasteiger partial charge in [-0.25, -0.2) is 0 Å². The quantitative estimate of drug-likeness (QED) is 0.457. The second kappa shape index (κ2) is 15.0. The van der Waals surface area contributed by atoms with Crippen LogP contribution in [0.25, 0.3) is 0 Å². The zero-order chi connectivity index (χ0) is 13.5. The van der Waals surface area contributed by atoms with E-state index in [0.717, 1.165) is 19.3 Å². The zero-order valence-corrected chi connectivity index (χ0v) is 12.3. The lowest BCUT2D eigenvalue weighted by Gasteiger charge is -2.13. The van der Waals surface area contributed by atoms with E-state index in [1.807, 2.05) is 0 Å². The van der Waals surface area contributed by atoms with Crippen molar-refractivity contribution < 1.29 is 10.2 Å². The molecule has 0 saturated carbocycles. The van der Waals surface area contributed by atoms with Gasteiger partial charge in [0.05, 0.1) is 0 Å². The molecule has 0 saturated heterocycles. The highest BCUT2D eigenvalue weighted by Gasteiger charge is 2.07. The van der Waals surface area contributed by atoms with Gasteiger partial charge in [-0.15, -0.1) is 0 Å². The fraction of sp³-hybridized carbons (Fsp3) is 0.938. The van der Waals surface area contributed by atoms with Crippen LogP contribution in [0.15, 0.2) is 0 Å². The van der Waals surface area contributed by atoms with Gasteiger partial charge in [-0.1, -0.05) is 64.7 Å². The normalized spacial score (nSPS) is 11.3. The van der Waals surface area contributed by atoms with Crippen LogP contribution in [0.1, 0.15) is 84.0 Å². The van der Waals surface area contributed by atoms with Gasteiger partial charge in [0.25, 0.3) is 0 Å². The Balaban J connectivity index is 3.21. The highest BCUT2D eigenvalue weighted by Crippen LogP contribution is 2.20. The van der Waals surface area contributed by atoms with Crippen LogP contribution in [0.4, 0.5) is 0 Å². The predicted molar refractivity (Wildman–Crippen MR) is 78.5 cm³/mol. The standard InChI is InChI=1S/C16H33O2/c1-2-3-4-5-6-7-8-9-10-11-16(12-14-17)13-15-18/h17-18H,2-15H2,1H3. The smallest absolute Gasteiger partial charge is 0.0436 e. The van der Waals surface area contributed by atoms with Crippen LogP contribution < -0.4 is 0 Å². The summed E-state index contributed by atoms with van der Waals surface area (Å²) >= 11 is 0. The molecular weight excluding hydrogens is 224 g/mol. The summed E-state index contributed by atoms with van der Waals surface area (Å²) in [5.74, 6) is 1.34. The Morgan fingerprint density at radius 3 is 1.50 bits per heavy atom. The number of aliphatic hydroxyl groups is 2. The minimum Gasteiger partial charge on any atom is -0.396 e. The van der Waals surface area contributed by atoms with Crippen molar-refractivity contribution in [2.24, 2.45) is 0 Å². The van der Waals surface area contributed by atoms with E-state index in [9.17, 15) is 0 Å². The van der Waals surface area contributed by atoms with Crippen molar-refractivity contribution in [1.82, 2.24) is 0 Å². The van der Waals surface area contributed by atoms with Crippen LogP contribution in [-0.2, 0) is 0 Å². The first-order chi connectivity index (χ1) is 8.85. The Labute approximate surface area is 114 Å². The summed E-state index contributed by atoms with van der Waals surface area (Å²) in [6.45, 7) is 2.71. The molecule has 0 amide bonds. The molecular formula is C16H33O2. The van der Waals surface area contributed by atoms with E-state index in [0.29, 0.717) is 0 Å². The SMILES string of the molecule is CCCCCCCCCCC[C](CCO)CCO. The Bertz CT molecular complexity index is 142. The third-order valence-corrected chi connectivity index (χ3v) is 3.56. The van der Waals surface area contributed by atoms with E-state index in [4.69, 9.17) is 10.2 Å². The van der Waals surface area contributed by atoms with E-state index >= 15 is 0 Å². The van der Waals surface area contributed by atoms with Gasteiger partial charge in [0, 0.05) is 13.2 Å². The van der Waals surface area contributed by atoms with Gasteiger partial charge in [0.2, 0.25) is 0 Å². The fourth-order valence-electron chi connectivity index (χ4n) is 2.38. The molecule has 0 aromatic rings. The molecule has 0 heterocycles. The molecule has 0 bridgehead atoms. The lowest BCUT2D eigenvalue weighted by molar-refractivity contribution is 0.262. The average Bonchev–Trinajstić information content (AvgIpc) is 2.37. The molecule has 18 heavy (non-hydrogen) atoms. The Morgan fingerprint density at radius 1 is 0.611 bits per heavy atom. The van der Waals surface area contributed by atoms with Crippen LogP contribution in [0.3, 0.4) is 0 Å². The van der Waals surface area contributed by atoms with Crippen molar-refractivity contribution in [2.45, 2.75) is 84.0 Å². The van der Waals surface area contributed by atoms with Crippen molar-refractivity contribution in [3.05, 3.63) is 5.92 Å². The maximum absolute atomic E-state index is 8.90. The second-order valence-corrected chi connectivity index (χ2v) is 5.28. The maximum atomic E-state index is 8.90. The summed E-state index contributed by atoms with van der Waals surface area (Å²) in [7, 11) is 0. The monoisotopic (exact) mass is 257 g/mol. The molecule has 2 N–H and O–H groups in total. The fourth-order valence-corrected chi connectivity index (χ4v) is 2.38. The first-order valence-corrected chi connectivity index (χ1v) is 7.90. The molecule has 0 unspecified atom stereocenters. The molecule has 0 fully saturated rings. The Hall–Kier alpha value is -0.0800. The van der Waals surface area contributed by atoms with Crippen molar-refractivity contribution in [3.63, 3.8) is 0 Å². The number of unbranched alkanes of at least 4 members (excludes halogenated alkanes) is 8. The van der Waals surface area contributed by atoms with Gasteiger partial charge < -0.3 is 10.2 Å². The number of hydrogen-bond acceptors (Lipinski definition) is 2. The van der Waals surface area contributed by atoms with Crippen molar-refractivity contribution in [3.8, 4) is 0 Å². The zero-order valence-electron chi connectivity index (χ0n) is 12.3. The van der Waals surface area contributed by atoms with E-state index in [-0.39, 0.29) is 13.2 Å². The molecule has 2 nitrogen and oxygen atoms in total. The third kappa shape index (κ3) is 12.4. The molecule has 0 spiro atoms. The number of hydrogen-bond donors (Lipinski definition) is 2. The van der Waals surface area contributed by atoms with Crippen LogP contribution in [-0.4, -0.2) is 23.4 Å². The molecule has 0 aliphatic heterocycles. The molecule has 109 valence electrons. The minimum atomic E-state index is 0.229. The average molecular weight is 257 g/mol. The van der Waals surface area contributed by atoms with Gasteiger partial charge >= 0.3 is 0 Å². The number of aliphatic hydroxyl groups excluding tert-OH is 2. The Kier molecular flexibility index (Phi) is 14.9. The lowest BCUT2D eigenvalue weighted by atomic mass is 9.94. The van der Waals surface area contributed by atoms with Gasteiger partial charge in [0.1, 0.15) is 0 Å². The molecule has 0 rings (SSSR count). The van der Waals surface area contributed by atoms with Crippen molar-refractivity contribution in [2.75, 3.05) is 13.2 Å². The van der Waals surface area contributed by atoms with Crippen LogP contribution in [0.5, 0.6) is 0 Å². The van der Waals surface area contributed by atoms with E-state index in [1.54, 1.807) is 0 Å². The van der Waals surface area contributed by atoms with Crippen molar-refractivity contribution in [1.29, 1.82) is 0 Å². The first-order valence-electron chi connectivity index (χ1n) is 7.90. The third-order valence-electron chi connectivity index (χ3n) is 3.56. The summed E-state index contributed by atoms with van der Waals surface area (Å²) in [4.78, 5) is 0. The molecule has 0 aromatic heterocycles. The summed E-state index contributed by atoms with van der Waals surface area (Å²) in [5, 5.41) is 17.8. The highest BCUT2D eigenvalue weighted by molar-refractivity contribution is 4.88. The maximum Gasteiger partial charge on any atom is 0.0436 e.